The first kappa shape index (κ1) is 17.0. The van der Waals surface area contributed by atoms with Gasteiger partial charge in [-0.05, 0) is 30.7 Å². The normalized spacial score (nSPS) is 11.0. The molecule has 1 aromatic rings. The summed E-state index contributed by atoms with van der Waals surface area (Å²) in [5.74, 6) is -0.0584. The van der Waals surface area contributed by atoms with Gasteiger partial charge in [0.15, 0.2) is 0 Å². The molecule has 0 saturated heterocycles. The van der Waals surface area contributed by atoms with Crippen molar-refractivity contribution in [3.63, 3.8) is 0 Å². The highest BCUT2D eigenvalue weighted by Gasteiger charge is 2.40. The Morgan fingerprint density at radius 1 is 1.43 bits per heavy atom. The van der Waals surface area contributed by atoms with Crippen LogP contribution in [0.2, 0.25) is 0 Å². The lowest BCUT2D eigenvalue weighted by atomic mass is 10.0. The standard InChI is InChI=1S/C14H13F4NO2/c1-9-7-11(5-4-10(9)3-2-6-20)12(21)19-8-14(17,18)13(15)16/h4-5,7,13,20H,6,8H2,1H3,(H,19,21). The highest BCUT2D eigenvalue weighted by Crippen LogP contribution is 2.21. The molecule has 0 atom stereocenters. The molecule has 3 nitrogen and oxygen atoms in total. The van der Waals surface area contributed by atoms with Crippen LogP contribution in [0, 0.1) is 18.8 Å². The van der Waals surface area contributed by atoms with Crippen LogP contribution in [0.4, 0.5) is 17.6 Å². The van der Waals surface area contributed by atoms with Crippen molar-refractivity contribution in [1.29, 1.82) is 0 Å². The molecule has 0 saturated carbocycles. The van der Waals surface area contributed by atoms with Gasteiger partial charge in [0.05, 0.1) is 6.54 Å². The predicted molar refractivity (Wildman–Crippen MR) is 68.4 cm³/mol. The molecule has 1 rings (SSSR count). The summed E-state index contributed by atoms with van der Waals surface area (Å²) in [6.07, 6.45) is -3.84. The molecule has 0 bridgehead atoms. The van der Waals surface area contributed by atoms with Gasteiger partial charge in [0.1, 0.15) is 6.61 Å². The summed E-state index contributed by atoms with van der Waals surface area (Å²) in [6.45, 7) is -0.106. The van der Waals surface area contributed by atoms with Gasteiger partial charge >= 0.3 is 12.3 Å². The fourth-order valence-electron chi connectivity index (χ4n) is 1.46. The number of hydrogen-bond acceptors (Lipinski definition) is 2. The van der Waals surface area contributed by atoms with Crippen LogP contribution in [0.5, 0.6) is 0 Å². The average Bonchev–Trinajstić information content (AvgIpc) is 2.43. The first-order valence-corrected chi connectivity index (χ1v) is 5.92. The van der Waals surface area contributed by atoms with Crippen LogP contribution in [0.15, 0.2) is 18.2 Å². The van der Waals surface area contributed by atoms with Crippen LogP contribution in [-0.2, 0) is 0 Å². The molecule has 0 radical (unpaired) electrons. The predicted octanol–water partition coefficient (Wildman–Crippen LogP) is 1.97. The molecule has 1 amide bonds. The number of aliphatic hydroxyl groups is 1. The van der Waals surface area contributed by atoms with Crippen molar-refractivity contribution < 1.29 is 27.5 Å². The van der Waals surface area contributed by atoms with Crippen LogP contribution < -0.4 is 5.32 Å². The van der Waals surface area contributed by atoms with Crippen molar-refractivity contribution in [2.45, 2.75) is 19.3 Å². The molecule has 1 aromatic carbocycles. The number of benzene rings is 1. The number of amides is 1. The van der Waals surface area contributed by atoms with E-state index in [0.29, 0.717) is 11.1 Å². The number of aryl methyl sites for hydroxylation is 1. The molecule has 0 heterocycles. The quantitative estimate of drug-likeness (QED) is 0.660. The number of carbonyl (C=O) groups excluding carboxylic acids is 1. The van der Waals surface area contributed by atoms with Crippen molar-refractivity contribution in [1.82, 2.24) is 5.32 Å². The summed E-state index contributed by atoms with van der Waals surface area (Å²) < 4.78 is 49.3. The van der Waals surface area contributed by atoms with Gasteiger partial charge in [0.2, 0.25) is 0 Å². The minimum Gasteiger partial charge on any atom is -0.384 e. The summed E-state index contributed by atoms with van der Waals surface area (Å²) in [6, 6.07) is 4.22. The van der Waals surface area contributed by atoms with E-state index in [1.165, 1.54) is 18.2 Å². The van der Waals surface area contributed by atoms with Crippen LogP contribution >= 0.6 is 0 Å². The highest BCUT2D eigenvalue weighted by atomic mass is 19.3. The maximum Gasteiger partial charge on any atom is 0.324 e. The maximum absolute atomic E-state index is 12.7. The molecule has 0 aromatic heterocycles. The Kier molecular flexibility index (Phi) is 5.73. The Bertz CT molecular complexity index is 576. The number of halogens is 4. The Balaban J connectivity index is 2.78. The lowest BCUT2D eigenvalue weighted by molar-refractivity contribution is -0.123. The largest absolute Gasteiger partial charge is 0.384 e. The van der Waals surface area contributed by atoms with Crippen LogP contribution in [-0.4, -0.2) is 36.5 Å². The van der Waals surface area contributed by atoms with Crippen molar-refractivity contribution in [3.8, 4) is 11.8 Å². The van der Waals surface area contributed by atoms with Crippen LogP contribution in [0.1, 0.15) is 21.5 Å². The topological polar surface area (TPSA) is 49.3 Å². The SMILES string of the molecule is Cc1cc(C(=O)NCC(F)(F)C(F)F)ccc1C#CCO. The zero-order chi connectivity index (χ0) is 16.0. The molecule has 0 unspecified atom stereocenters. The van der Waals surface area contributed by atoms with E-state index in [0.717, 1.165) is 0 Å². The Morgan fingerprint density at radius 3 is 2.62 bits per heavy atom. The number of nitrogens with one attached hydrogen (secondary N) is 1. The zero-order valence-corrected chi connectivity index (χ0v) is 11.1. The van der Waals surface area contributed by atoms with E-state index in [-0.39, 0.29) is 12.2 Å². The Labute approximate surface area is 119 Å². The van der Waals surface area contributed by atoms with Crippen molar-refractivity contribution >= 4 is 5.91 Å². The second-order valence-corrected chi connectivity index (χ2v) is 4.23. The Morgan fingerprint density at radius 2 is 2.10 bits per heavy atom. The van der Waals surface area contributed by atoms with Crippen LogP contribution in [0.25, 0.3) is 0 Å². The minimum atomic E-state index is -4.27. The Hall–Kier alpha value is -2.07. The van der Waals surface area contributed by atoms with E-state index in [4.69, 9.17) is 5.11 Å². The van der Waals surface area contributed by atoms with Crippen LogP contribution in [0.3, 0.4) is 0 Å². The molecule has 7 heteroatoms. The van der Waals surface area contributed by atoms with Gasteiger partial charge in [-0.25, -0.2) is 8.78 Å². The summed E-state index contributed by atoms with van der Waals surface area (Å²) in [5.41, 5.74) is 1.23. The molecule has 114 valence electrons. The summed E-state index contributed by atoms with van der Waals surface area (Å²) in [5, 5.41) is 10.3. The van der Waals surface area contributed by atoms with Crippen molar-refractivity contribution in [3.05, 3.63) is 34.9 Å². The molecule has 0 aliphatic rings. The van der Waals surface area contributed by atoms with Gasteiger partial charge in [-0.3, -0.25) is 4.79 Å². The third kappa shape index (κ3) is 4.76. The zero-order valence-electron chi connectivity index (χ0n) is 11.1. The van der Waals surface area contributed by atoms with Gasteiger partial charge in [-0.15, -0.1) is 0 Å². The minimum absolute atomic E-state index is 0.0621. The van der Waals surface area contributed by atoms with Crippen molar-refractivity contribution in [2.75, 3.05) is 13.2 Å². The summed E-state index contributed by atoms with van der Waals surface area (Å²) in [7, 11) is 0. The number of aliphatic hydroxyl groups excluding tert-OH is 1. The molecular formula is C14H13F4NO2. The van der Waals surface area contributed by atoms with Crippen molar-refractivity contribution in [2.24, 2.45) is 0 Å². The molecule has 0 fully saturated rings. The van der Waals surface area contributed by atoms with E-state index in [1.807, 2.05) is 0 Å². The third-order valence-electron chi connectivity index (χ3n) is 2.59. The van der Waals surface area contributed by atoms with E-state index in [2.05, 4.69) is 11.8 Å². The van der Waals surface area contributed by atoms with E-state index >= 15 is 0 Å². The first-order chi connectivity index (χ1) is 9.77. The molecule has 2 N–H and O–H groups in total. The molecule has 0 aliphatic heterocycles. The molecule has 0 spiro atoms. The maximum atomic E-state index is 12.7. The molecule has 21 heavy (non-hydrogen) atoms. The molecular weight excluding hydrogens is 290 g/mol. The average molecular weight is 303 g/mol. The van der Waals surface area contributed by atoms with Gasteiger partial charge in [0.25, 0.3) is 5.91 Å². The second kappa shape index (κ2) is 7.09. The second-order valence-electron chi connectivity index (χ2n) is 4.23. The van der Waals surface area contributed by atoms with E-state index < -0.39 is 24.8 Å². The van der Waals surface area contributed by atoms with Gasteiger partial charge in [0, 0.05) is 11.1 Å². The lowest BCUT2D eigenvalue weighted by Crippen LogP contribution is -2.41. The van der Waals surface area contributed by atoms with Gasteiger partial charge in [-0.2, -0.15) is 8.78 Å². The smallest absolute Gasteiger partial charge is 0.324 e. The molecule has 0 aliphatic carbocycles. The number of hydrogen-bond donors (Lipinski definition) is 2. The van der Waals surface area contributed by atoms with E-state index in [1.54, 1.807) is 12.2 Å². The fourth-order valence-corrected chi connectivity index (χ4v) is 1.46. The third-order valence-corrected chi connectivity index (χ3v) is 2.59. The van der Waals surface area contributed by atoms with Gasteiger partial charge in [-0.1, -0.05) is 11.8 Å². The monoisotopic (exact) mass is 303 g/mol. The van der Waals surface area contributed by atoms with E-state index in [9.17, 15) is 22.4 Å². The highest BCUT2D eigenvalue weighted by molar-refractivity contribution is 5.94. The first-order valence-electron chi connectivity index (χ1n) is 5.92. The number of carbonyl (C=O) groups is 1. The number of alkyl halides is 4. The number of rotatable bonds is 4. The van der Waals surface area contributed by atoms with Gasteiger partial charge < -0.3 is 10.4 Å². The summed E-state index contributed by atoms with van der Waals surface area (Å²) in [4.78, 5) is 11.6. The summed E-state index contributed by atoms with van der Waals surface area (Å²) >= 11 is 0. The lowest BCUT2D eigenvalue weighted by Gasteiger charge is -2.15. The fraction of sp³-hybridized carbons (Fsp3) is 0.357.